The average molecular weight is 240 g/mol. The van der Waals surface area contributed by atoms with Crippen LogP contribution in [0.4, 0.5) is 0 Å². The van der Waals surface area contributed by atoms with Gasteiger partial charge in [0.2, 0.25) is 0 Å². The van der Waals surface area contributed by atoms with E-state index in [1.54, 1.807) is 16.4 Å². The van der Waals surface area contributed by atoms with E-state index in [9.17, 15) is 0 Å². The molecule has 0 saturated carbocycles. The van der Waals surface area contributed by atoms with Crippen molar-refractivity contribution in [2.24, 2.45) is 7.05 Å². The molecule has 0 fully saturated rings. The molecule has 0 atom stereocenters. The SMILES string of the molecule is CSc1nc(-c2cccc(Cl)c2)nn1C. The van der Waals surface area contributed by atoms with Gasteiger partial charge in [0, 0.05) is 17.6 Å². The molecule has 3 nitrogen and oxygen atoms in total. The summed E-state index contributed by atoms with van der Waals surface area (Å²) in [6, 6.07) is 7.54. The van der Waals surface area contributed by atoms with Gasteiger partial charge in [0.25, 0.3) is 0 Å². The molecule has 1 aromatic heterocycles. The summed E-state index contributed by atoms with van der Waals surface area (Å²) in [5.74, 6) is 0.712. The molecule has 2 aromatic rings. The van der Waals surface area contributed by atoms with E-state index in [2.05, 4.69) is 10.1 Å². The van der Waals surface area contributed by atoms with Crippen LogP contribution in [-0.2, 0) is 7.05 Å². The maximum absolute atomic E-state index is 5.91. The fourth-order valence-electron chi connectivity index (χ4n) is 1.30. The molecule has 0 unspecified atom stereocenters. The van der Waals surface area contributed by atoms with Crippen LogP contribution in [0.15, 0.2) is 29.4 Å². The fraction of sp³-hybridized carbons (Fsp3) is 0.200. The van der Waals surface area contributed by atoms with E-state index in [1.807, 2.05) is 37.6 Å². The van der Waals surface area contributed by atoms with Gasteiger partial charge in [-0.1, -0.05) is 35.5 Å². The summed E-state index contributed by atoms with van der Waals surface area (Å²) in [4.78, 5) is 4.40. The van der Waals surface area contributed by atoms with Gasteiger partial charge in [-0.2, -0.15) is 5.10 Å². The molecule has 0 saturated heterocycles. The van der Waals surface area contributed by atoms with Crippen LogP contribution < -0.4 is 0 Å². The van der Waals surface area contributed by atoms with E-state index in [0.717, 1.165) is 10.7 Å². The zero-order chi connectivity index (χ0) is 10.8. The third-order valence-electron chi connectivity index (χ3n) is 1.99. The molecule has 1 heterocycles. The highest BCUT2D eigenvalue weighted by atomic mass is 35.5. The van der Waals surface area contributed by atoms with Gasteiger partial charge in [0.05, 0.1) is 0 Å². The number of thioether (sulfide) groups is 1. The summed E-state index contributed by atoms with van der Waals surface area (Å²) in [7, 11) is 1.88. The number of hydrogen-bond acceptors (Lipinski definition) is 3. The highest BCUT2D eigenvalue weighted by molar-refractivity contribution is 7.98. The largest absolute Gasteiger partial charge is 0.243 e. The van der Waals surface area contributed by atoms with Gasteiger partial charge in [-0.05, 0) is 18.4 Å². The van der Waals surface area contributed by atoms with Crippen LogP contribution in [0, 0.1) is 0 Å². The average Bonchev–Trinajstić information content (AvgIpc) is 2.60. The normalized spacial score (nSPS) is 10.6. The minimum atomic E-state index is 0.700. The molecule has 0 spiro atoms. The Morgan fingerprint density at radius 2 is 2.20 bits per heavy atom. The van der Waals surface area contributed by atoms with Gasteiger partial charge in [-0.3, -0.25) is 0 Å². The van der Waals surface area contributed by atoms with E-state index in [1.165, 1.54) is 0 Å². The van der Waals surface area contributed by atoms with Gasteiger partial charge in [-0.25, -0.2) is 9.67 Å². The Kier molecular flexibility index (Phi) is 2.98. The first-order chi connectivity index (χ1) is 7.20. The van der Waals surface area contributed by atoms with Gasteiger partial charge in [-0.15, -0.1) is 0 Å². The Bertz CT molecular complexity index is 481. The molecule has 0 amide bonds. The zero-order valence-corrected chi connectivity index (χ0v) is 10.0. The van der Waals surface area contributed by atoms with Gasteiger partial charge in [0.15, 0.2) is 11.0 Å². The second-order valence-electron chi connectivity index (χ2n) is 3.06. The predicted molar refractivity (Wildman–Crippen MR) is 63.2 cm³/mol. The molecule has 15 heavy (non-hydrogen) atoms. The number of benzene rings is 1. The lowest BCUT2D eigenvalue weighted by Crippen LogP contribution is -1.91. The summed E-state index contributed by atoms with van der Waals surface area (Å²) in [5.41, 5.74) is 0.943. The van der Waals surface area contributed by atoms with Crippen LogP contribution in [0.3, 0.4) is 0 Å². The summed E-state index contributed by atoms with van der Waals surface area (Å²) >= 11 is 7.48. The molecule has 0 aliphatic heterocycles. The van der Waals surface area contributed by atoms with Crippen LogP contribution in [0.25, 0.3) is 11.4 Å². The first kappa shape index (κ1) is 10.5. The van der Waals surface area contributed by atoms with Crippen LogP contribution in [0.2, 0.25) is 5.02 Å². The monoisotopic (exact) mass is 239 g/mol. The van der Waals surface area contributed by atoms with Gasteiger partial charge >= 0.3 is 0 Å². The van der Waals surface area contributed by atoms with Crippen molar-refractivity contribution in [3.63, 3.8) is 0 Å². The van der Waals surface area contributed by atoms with Crippen molar-refractivity contribution in [1.29, 1.82) is 0 Å². The molecule has 0 radical (unpaired) electrons. The molecule has 1 aromatic carbocycles. The molecule has 0 aliphatic carbocycles. The second kappa shape index (κ2) is 4.24. The van der Waals surface area contributed by atoms with E-state index in [-0.39, 0.29) is 0 Å². The Balaban J connectivity index is 2.45. The topological polar surface area (TPSA) is 30.7 Å². The molecule has 0 bridgehead atoms. The van der Waals surface area contributed by atoms with Crippen molar-refractivity contribution in [2.45, 2.75) is 5.16 Å². The lowest BCUT2D eigenvalue weighted by molar-refractivity contribution is 0.687. The fourth-order valence-corrected chi connectivity index (χ4v) is 1.97. The first-order valence-electron chi connectivity index (χ1n) is 4.41. The van der Waals surface area contributed by atoms with Gasteiger partial charge < -0.3 is 0 Å². The summed E-state index contributed by atoms with van der Waals surface area (Å²) in [6.07, 6.45) is 1.98. The van der Waals surface area contributed by atoms with Gasteiger partial charge in [0.1, 0.15) is 0 Å². The van der Waals surface area contributed by atoms with E-state index in [0.29, 0.717) is 10.8 Å². The molecule has 78 valence electrons. The molecule has 0 N–H and O–H groups in total. The summed E-state index contributed by atoms with van der Waals surface area (Å²) in [5, 5.41) is 5.91. The first-order valence-corrected chi connectivity index (χ1v) is 6.02. The molecule has 5 heteroatoms. The number of aromatic nitrogens is 3. The van der Waals surface area contributed by atoms with E-state index < -0.39 is 0 Å². The summed E-state index contributed by atoms with van der Waals surface area (Å²) in [6.45, 7) is 0. The number of hydrogen-bond donors (Lipinski definition) is 0. The standard InChI is InChI=1S/C10H10ClN3S/c1-14-10(15-2)12-9(13-14)7-4-3-5-8(11)6-7/h3-6H,1-2H3. The van der Waals surface area contributed by atoms with E-state index >= 15 is 0 Å². The highest BCUT2D eigenvalue weighted by Gasteiger charge is 2.08. The minimum absolute atomic E-state index is 0.700. The lowest BCUT2D eigenvalue weighted by atomic mass is 10.2. The van der Waals surface area contributed by atoms with Crippen molar-refractivity contribution in [3.05, 3.63) is 29.3 Å². The van der Waals surface area contributed by atoms with Crippen molar-refractivity contribution in [2.75, 3.05) is 6.26 Å². The molecular formula is C10H10ClN3S. The van der Waals surface area contributed by atoms with Crippen molar-refractivity contribution in [1.82, 2.24) is 14.8 Å². The maximum atomic E-state index is 5.91. The highest BCUT2D eigenvalue weighted by Crippen LogP contribution is 2.21. The number of halogens is 1. The third-order valence-corrected chi connectivity index (χ3v) is 2.94. The Morgan fingerprint density at radius 1 is 1.40 bits per heavy atom. The number of nitrogens with zero attached hydrogens (tertiary/aromatic N) is 3. The molecule has 2 rings (SSSR count). The maximum Gasteiger partial charge on any atom is 0.186 e. The Morgan fingerprint density at radius 3 is 2.80 bits per heavy atom. The minimum Gasteiger partial charge on any atom is -0.243 e. The molecular weight excluding hydrogens is 230 g/mol. The third kappa shape index (κ3) is 2.16. The smallest absolute Gasteiger partial charge is 0.186 e. The predicted octanol–water partition coefficient (Wildman–Crippen LogP) is 2.86. The van der Waals surface area contributed by atoms with Crippen molar-refractivity contribution >= 4 is 23.4 Å². The summed E-state index contributed by atoms with van der Waals surface area (Å²) < 4.78 is 1.76. The zero-order valence-electron chi connectivity index (χ0n) is 8.44. The second-order valence-corrected chi connectivity index (χ2v) is 4.27. The Hall–Kier alpha value is -1.00. The van der Waals surface area contributed by atoms with Crippen LogP contribution >= 0.6 is 23.4 Å². The molecule has 0 aliphatic rings. The van der Waals surface area contributed by atoms with Crippen LogP contribution in [-0.4, -0.2) is 21.0 Å². The van der Waals surface area contributed by atoms with Crippen LogP contribution in [0.5, 0.6) is 0 Å². The lowest BCUT2D eigenvalue weighted by Gasteiger charge is -1.94. The number of aryl methyl sites for hydroxylation is 1. The van der Waals surface area contributed by atoms with E-state index in [4.69, 9.17) is 11.6 Å². The van der Waals surface area contributed by atoms with Crippen molar-refractivity contribution in [3.8, 4) is 11.4 Å². The quantitative estimate of drug-likeness (QED) is 0.755. The number of rotatable bonds is 2. The van der Waals surface area contributed by atoms with Crippen molar-refractivity contribution < 1.29 is 0 Å². The van der Waals surface area contributed by atoms with Crippen LogP contribution in [0.1, 0.15) is 0 Å². The Labute approximate surface area is 97.5 Å².